The van der Waals surface area contributed by atoms with Crippen molar-refractivity contribution in [2.75, 3.05) is 6.54 Å². The molecule has 84 valence electrons. The summed E-state index contributed by atoms with van der Waals surface area (Å²) >= 11 is 0. The molecule has 3 rings (SSSR count). The zero-order valence-corrected chi connectivity index (χ0v) is 9.48. The van der Waals surface area contributed by atoms with E-state index in [1.165, 1.54) is 29.8 Å². The maximum atomic E-state index is 4.49. The van der Waals surface area contributed by atoms with Gasteiger partial charge in [-0.25, -0.2) is 0 Å². The Hall–Kier alpha value is -1.58. The van der Waals surface area contributed by atoms with Crippen molar-refractivity contribution in [2.45, 2.75) is 32.2 Å². The molecule has 0 saturated carbocycles. The van der Waals surface area contributed by atoms with Crippen LogP contribution < -0.4 is 0 Å². The van der Waals surface area contributed by atoms with Crippen LogP contribution in [-0.4, -0.2) is 27.9 Å². The van der Waals surface area contributed by atoms with E-state index >= 15 is 0 Å². The molecule has 1 unspecified atom stereocenters. The first kappa shape index (κ1) is 9.63. The van der Waals surface area contributed by atoms with Gasteiger partial charge >= 0.3 is 0 Å². The van der Waals surface area contributed by atoms with E-state index in [1.54, 1.807) is 0 Å². The maximum Gasteiger partial charge on any atom is 0.0591 e. The van der Waals surface area contributed by atoms with E-state index in [0.717, 1.165) is 13.0 Å². The highest BCUT2D eigenvalue weighted by molar-refractivity contribution is 5.64. The number of aliphatic imine (C=N–C) groups is 1. The average molecular weight is 216 g/mol. The van der Waals surface area contributed by atoms with E-state index in [0.29, 0.717) is 6.04 Å². The quantitative estimate of drug-likeness (QED) is 0.824. The van der Waals surface area contributed by atoms with Crippen molar-refractivity contribution in [1.82, 2.24) is 15.1 Å². The van der Waals surface area contributed by atoms with E-state index in [9.17, 15) is 0 Å². The zero-order valence-electron chi connectivity index (χ0n) is 9.48. The monoisotopic (exact) mass is 216 g/mol. The highest BCUT2D eigenvalue weighted by atomic mass is 15.2. The van der Waals surface area contributed by atoms with Crippen molar-refractivity contribution in [3.05, 3.63) is 29.4 Å². The smallest absolute Gasteiger partial charge is 0.0591 e. The van der Waals surface area contributed by atoms with Gasteiger partial charge in [-0.15, -0.1) is 0 Å². The zero-order chi connectivity index (χ0) is 11.0. The summed E-state index contributed by atoms with van der Waals surface area (Å²) in [5, 5.41) is 6.91. The third kappa shape index (κ3) is 1.45. The lowest BCUT2D eigenvalue weighted by molar-refractivity contribution is 0.297. The summed E-state index contributed by atoms with van der Waals surface area (Å²) < 4.78 is 0. The lowest BCUT2D eigenvalue weighted by Crippen LogP contribution is -2.30. The van der Waals surface area contributed by atoms with Crippen LogP contribution in [0.25, 0.3) is 0 Å². The Balaban J connectivity index is 1.88. The summed E-state index contributed by atoms with van der Waals surface area (Å²) in [5.41, 5.74) is 3.98. The molecule has 0 fully saturated rings. The van der Waals surface area contributed by atoms with Gasteiger partial charge in [0.1, 0.15) is 0 Å². The predicted molar refractivity (Wildman–Crippen MR) is 63.1 cm³/mol. The molecule has 1 aliphatic heterocycles. The molecule has 0 saturated heterocycles. The Morgan fingerprint density at radius 1 is 1.44 bits per heavy atom. The van der Waals surface area contributed by atoms with Crippen LogP contribution in [0.1, 0.15) is 37.8 Å². The van der Waals surface area contributed by atoms with Gasteiger partial charge < -0.3 is 4.90 Å². The average Bonchev–Trinajstić information content (AvgIpc) is 2.98. The van der Waals surface area contributed by atoms with Crippen molar-refractivity contribution in [3.63, 3.8) is 0 Å². The second kappa shape index (κ2) is 3.77. The van der Waals surface area contributed by atoms with Gasteiger partial charge in [-0.1, -0.05) is 0 Å². The molecule has 0 bridgehead atoms. The molecule has 0 radical (unpaired) electrons. The number of allylic oxidation sites excluding steroid dienone is 2. The molecular weight excluding hydrogens is 200 g/mol. The Morgan fingerprint density at radius 2 is 2.38 bits per heavy atom. The number of rotatable bonds is 2. The minimum Gasteiger partial charge on any atom is -0.361 e. The van der Waals surface area contributed by atoms with Crippen molar-refractivity contribution in [2.24, 2.45) is 4.99 Å². The van der Waals surface area contributed by atoms with Gasteiger partial charge in [-0.3, -0.25) is 10.1 Å². The molecule has 4 nitrogen and oxygen atoms in total. The summed E-state index contributed by atoms with van der Waals surface area (Å²) in [6, 6.07) is 0.383. The lowest BCUT2D eigenvalue weighted by Gasteiger charge is -2.33. The van der Waals surface area contributed by atoms with Crippen LogP contribution in [-0.2, 0) is 0 Å². The third-order valence-corrected chi connectivity index (χ3v) is 3.50. The largest absolute Gasteiger partial charge is 0.361 e. The van der Waals surface area contributed by atoms with Crippen LogP contribution in [0, 0.1) is 0 Å². The summed E-state index contributed by atoms with van der Waals surface area (Å²) in [6.07, 6.45) is 9.48. The fourth-order valence-electron chi connectivity index (χ4n) is 2.57. The second-order valence-corrected chi connectivity index (χ2v) is 4.42. The van der Waals surface area contributed by atoms with E-state index in [1.807, 2.05) is 18.6 Å². The molecule has 1 aromatic heterocycles. The van der Waals surface area contributed by atoms with Crippen molar-refractivity contribution in [3.8, 4) is 0 Å². The van der Waals surface area contributed by atoms with Crippen LogP contribution in [0.4, 0.5) is 0 Å². The Labute approximate surface area is 95.1 Å². The van der Waals surface area contributed by atoms with Crippen LogP contribution in [0.5, 0.6) is 0 Å². The molecule has 1 atom stereocenters. The first-order valence-corrected chi connectivity index (χ1v) is 5.86. The molecule has 4 heteroatoms. The molecule has 0 spiro atoms. The predicted octanol–water partition coefficient (Wildman–Crippen LogP) is 2.25. The number of hydrogen-bond donors (Lipinski definition) is 1. The van der Waals surface area contributed by atoms with Crippen LogP contribution >= 0.6 is 0 Å². The van der Waals surface area contributed by atoms with Crippen LogP contribution in [0.15, 0.2) is 28.8 Å². The molecule has 1 aromatic rings. The van der Waals surface area contributed by atoms with Gasteiger partial charge in [-0.05, 0) is 26.2 Å². The summed E-state index contributed by atoms with van der Waals surface area (Å²) in [6.45, 7) is 3.15. The van der Waals surface area contributed by atoms with E-state index in [-0.39, 0.29) is 0 Å². The van der Waals surface area contributed by atoms with Gasteiger partial charge in [0.05, 0.1) is 24.5 Å². The van der Waals surface area contributed by atoms with Crippen LogP contribution in [0.3, 0.4) is 0 Å². The fraction of sp³-hybridized carbons (Fsp3) is 0.500. The molecule has 2 heterocycles. The first-order chi connectivity index (χ1) is 7.86. The van der Waals surface area contributed by atoms with Gasteiger partial charge in [0.15, 0.2) is 0 Å². The van der Waals surface area contributed by atoms with Gasteiger partial charge in [0.25, 0.3) is 0 Å². The number of aromatic amines is 1. The fourth-order valence-corrected chi connectivity index (χ4v) is 2.57. The molecule has 1 N–H and O–H groups in total. The second-order valence-electron chi connectivity index (χ2n) is 4.42. The Morgan fingerprint density at radius 3 is 3.19 bits per heavy atom. The van der Waals surface area contributed by atoms with Gasteiger partial charge in [0.2, 0.25) is 0 Å². The summed E-state index contributed by atoms with van der Waals surface area (Å²) in [7, 11) is 0. The Kier molecular flexibility index (Phi) is 2.27. The molecule has 16 heavy (non-hydrogen) atoms. The van der Waals surface area contributed by atoms with E-state index < -0.39 is 0 Å². The topological polar surface area (TPSA) is 44.3 Å². The van der Waals surface area contributed by atoms with Crippen LogP contribution in [0.2, 0.25) is 0 Å². The molecule has 1 aliphatic carbocycles. The van der Waals surface area contributed by atoms with Crippen molar-refractivity contribution in [1.29, 1.82) is 0 Å². The highest BCUT2D eigenvalue weighted by Gasteiger charge is 2.26. The minimum atomic E-state index is 0.383. The summed E-state index contributed by atoms with van der Waals surface area (Å²) in [5.74, 6) is 0. The molecule has 0 amide bonds. The third-order valence-electron chi connectivity index (χ3n) is 3.50. The number of nitrogens with one attached hydrogen (secondary N) is 1. The van der Waals surface area contributed by atoms with Crippen molar-refractivity contribution >= 4 is 6.21 Å². The van der Waals surface area contributed by atoms with Crippen molar-refractivity contribution < 1.29 is 0 Å². The first-order valence-electron chi connectivity index (χ1n) is 5.86. The number of hydrogen-bond acceptors (Lipinski definition) is 3. The summed E-state index contributed by atoms with van der Waals surface area (Å²) in [4.78, 5) is 6.94. The normalized spacial score (nSPS) is 21.4. The van der Waals surface area contributed by atoms with Gasteiger partial charge in [-0.2, -0.15) is 5.10 Å². The number of nitrogens with zero attached hydrogens (tertiary/aromatic N) is 3. The molecule has 2 aliphatic rings. The molecule has 0 aromatic carbocycles. The Bertz CT molecular complexity index is 430. The van der Waals surface area contributed by atoms with E-state index in [4.69, 9.17) is 0 Å². The standard InChI is InChI=1S/C12H16N4/c1-9(10-7-14-15-8-10)16-6-5-13-11-3-2-4-12(11)16/h5,7-9H,2-4,6H2,1H3,(H,14,15). The highest BCUT2D eigenvalue weighted by Crippen LogP contribution is 2.35. The van der Waals surface area contributed by atoms with E-state index in [2.05, 4.69) is 27.0 Å². The number of aromatic nitrogens is 2. The lowest BCUT2D eigenvalue weighted by atomic mass is 10.1. The molecular formula is C12H16N4. The SMILES string of the molecule is CC(c1cn[nH]c1)N1CC=NC2=C1CCC2. The van der Waals surface area contributed by atoms with Gasteiger partial charge in [0, 0.05) is 23.7 Å². The minimum absolute atomic E-state index is 0.383. The number of H-pyrrole nitrogens is 1. The maximum absolute atomic E-state index is 4.49.